The number of rotatable bonds is 7. The molecule has 0 bridgehead atoms. The number of nitrogens with zero attached hydrogens (tertiary/aromatic N) is 1. The predicted molar refractivity (Wildman–Crippen MR) is 72.6 cm³/mol. The monoisotopic (exact) mass is 279 g/mol. The van der Waals surface area contributed by atoms with Crippen molar-refractivity contribution >= 4 is 15.9 Å². The van der Waals surface area contributed by atoms with E-state index in [1.165, 1.54) is 0 Å². The Labute approximate surface area is 110 Å². The first kappa shape index (κ1) is 17.3. The molecule has 7 heteroatoms. The number of primary sulfonamides is 1. The van der Waals surface area contributed by atoms with Crippen LogP contribution in [0.4, 0.5) is 0 Å². The summed E-state index contributed by atoms with van der Waals surface area (Å²) < 4.78 is 21.6. The van der Waals surface area contributed by atoms with E-state index in [0.717, 1.165) is 0 Å². The second-order valence-corrected chi connectivity index (χ2v) is 7.12. The van der Waals surface area contributed by atoms with Crippen molar-refractivity contribution < 1.29 is 13.2 Å². The Morgan fingerprint density at radius 2 is 1.89 bits per heavy atom. The molecule has 0 saturated heterocycles. The summed E-state index contributed by atoms with van der Waals surface area (Å²) in [5.41, 5.74) is -0.253. The van der Waals surface area contributed by atoms with E-state index in [4.69, 9.17) is 5.14 Å². The highest BCUT2D eigenvalue weighted by Crippen LogP contribution is 1.99. The number of hydrogen-bond acceptors (Lipinski definition) is 4. The zero-order valence-corrected chi connectivity index (χ0v) is 12.5. The first-order valence-corrected chi connectivity index (χ1v) is 7.79. The minimum Gasteiger partial charge on any atom is -0.350 e. The van der Waals surface area contributed by atoms with E-state index < -0.39 is 10.0 Å². The van der Waals surface area contributed by atoms with Gasteiger partial charge in [-0.2, -0.15) is 0 Å². The largest absolute Gasteiger partial charge is 0.350 e. The first-order chi connectivity index (χ1) is 8.03. The molecule has 0 radical (unpaired) electrons. The van der Waals surface area contributed by atoms with Crippen molar-refractivity contribution in [3.05, 3.63) is 0 Å². The molecule has 0 rings (SSSR count). The highest BCUT2D eigenvalue weighted by atomic mass is 32.2. The lowest BCUT2D eigenvalue weighted by molar-refractivity contribution is -0.123. The van der Waals surface area contributed by atoms with Gasteiger partial charge >= 0.3 is 0 Å². The van der Waals surface area contributed by atoms with Gasteiger partial charge in [-0.05, 0) is 40.3 Å². The predicted octanol–water partition coefficient (Wildman–Crippen LogP) is -0.0984. The highest BCUT2D eigenvalue weighted by molar-refractivity contribution is 7.89. The third kappa shape index (κ3) is 10.5. The summed E-state index contributed by atoms with van der Waals surface area (Å²) in [6.07, 6.45) is 0.440. The Hall–Kier alpha value is -0.660. The minimum atomic E-state index is -3.41. The molecule has 0 spiro atoms. The molecule has 0 fully saturated rings. The fourth-order valence-electron chi connectivity index (χ4n) is 1.50. The van der Waals surface area contributed by atoms with Crippen molar-refractivity contribution in [2.45, 2.75) is 39.7 Å². The summed E-state index contributed by atoms with van der Waals surface area (Å²) in [6, 6.07) is 0. The van der Waals surface area contributed by atoms with E-state index in [2.05, 4.69) is 5.32 Å². The van der Waals surface area contributed by atoms with Crippen LogP contribution in [-0.4, -0.2) is 50.2 Å². The van der Waals surface area contributed by atoms with Crippen molar-refractivity contribution in [1.82, 2.24) is 10.2 Å². The van der Waals surface area contributed by atoms with Crippen LogP contribution in [0, 0.1) is 0 Å². The normalized spacial score (nSPS) is 12.8. The number of nitrogens with one attached hydrogen (secondary N) is 1. The van der Waals surface area contributed by atoms with Crippen LogP contribution in [0.25, 0.3) is 0 Å². The molecule has 0 aliphatic carbocycles. The van der Waals surface area contributed by atoms with Gasteiger partial charge in [-0.25, -0.2) is 13.6 Å². The third-order valence-electron chi connectivity index (χ3n) is 2.23. The van der Waals surface area contributed by atoms with Crippen molar-refractivity contribution in [3.8, 4) is 0 Å². The average Bonchev–Trinajstić information content (AvgIpc) is 2.11. The molecule has 0 heterocycles. The van der Waals surface area contributed by atoms with Crippen molar-refractivity contribution in [3.63, 3.8) is 0 Å². The third-order valence-corrected chi connectivity index (χ3v) is 3.09. The summed E-state index contributed by atoms with van der Waals surface area (Å²) in [5, 5.41) is 7.79. The average molecular weight is 279 g/mol. The minimum absolute atomic E-state index is 0.0512. The zero-order chi connectivity index (χ0) is 14.4. The van der Waals surface area contributed by atoms with E-state index in [9.17, 15) is 13.2 Å². The molecule has 0 unspecified atom stereocenters. The van der Waals surface area contributed by atoms with Gasteiger partial charge in [-0.1, -0.05) is 6.92 Å². The topological polar surface area (TPSA) is 92.5 Å². The van der Waals surface area contributed by atoms with Gasteiger partial charge in [0.1, 0.15) is 0 Å². The van der Waals surface area contributed by atoms with Gasteiger partial charge < -0.3 is 5.32 Å². The molecule has 0 aromatic rings. The first-order valence-electron chi connectivity index (χ1n) is 6.07. The van der Waals surface area contributed by atoms with Gasteiger partial charge in [0.25, 0.3) is 0 Å². The molecule has 6 nitrogen and oxygen atoms in total. The lowest BCUT2D eigenvalue weighted by atomic mass is 10.1. The van der Waals surface area contributed by atoms with E-state index >= 15 is 0 Å². The maximum absolute atomic E-state index is 11.7. The molecule has 1 amide bonds. The van der Waals surface area contributed by atoms with Gasteiger partial charge in [0.2, 0.25) is 15.9 Å². The lowest BCUT2D eigenvalue weighted by Gasteiger charge is -2.24. The number of amides is 1. The molecule has 108 valence electrons. The van der Waals surface area contributed by atoms with Crippen LogP contribution < -0.4 is 10.5 Å². The van der Waals surface area contributed by atoms with E-state index in [0.29, 0.717) is 19.5 Å². The molecule has 0 aromatic heterocycles. The summed E-state index contributed by atoms with van der Waals surface area (Å²) in [4.78, 5) is 13.6. The number of sulfonamides is 1. The van der Waals surface area contributed by atoms with Crippen molar-refractivity contribution in [2.75, 3.05) is 25.4 Å². The Balaban J connectivity index is 4.08. The summed E-state index contributed by atoms with van der Waals surface area (Å²) >= 11 is 0. The maximum Gasteiger partial charge on any atom is 0.234 e. The van der Waals surface area contributed by atoms with Crippen LogP contribution in [0.5, 0.6) is 0 Å². The standard InChI is InChI=1S/C11H25N3O3S/c1-5-14(7-6-8-18(12,16)17)9-10(15)13-11(2,3)4/h5-9H2,1-4H3,(H,13,15)(H2,12,16,17). The number of likely N-dealkylation sites (N-methyl/N-ethyl adjacent to an activating group) is 1. The van der Waals surface area contributed by atoms with Crippen LogP contribution in [0.15, 0.2) is 0 Å². The van der Waals surface area contributed by atoms with Crippen LogP contribution in [0.3, 0.4) is 0 Å². The maximum atomic E-state index is 11.7. The molecular formula is C11H25N3O3S. The number of carbonyl (C=O) groups excluding carboxylic acids is 1. The van der Waals surface area contributed by atoms with Gasteiger partial charge in [-0.15, -0.1) is 0 Å². The lowest BCUT2D eigenvalue weighted by Crippen LogP contribution is -2.46. The number of nitrogens with two attached hydrogens (primary N) is 1. The second-order valence-electron chi connectivity index (χ2n) is 5.39. The van der Waals surface area contributed by atoms with Gasteiger partial charge in [0.05, 0.1) is 12.3 Å². The summed E-state index contributed by atoms with van der Waals surface area (Å²) in [6.45, 7) is 9.21. The van der Waals surface area contributed by atoms with Crippen LogP contribution in [0.2, 0.25) is 0 Å². The molecule has 0 atom stereocenters. The van der Waals surface area contributed by atoms with E-state index in [1.54, 1.807) is 0 Å². The van der Waals surface area contributed by atoms with Gasteiger partial charge in [-0.3, -0.25) is 9.69 Å². The summed E-state index contributed by atoms with van der Waals surface area (Å²) in [7, 11) is -3.41. The fraction of sp³-hybridized carbons (Fsp3) is 0.909. The van der Waals surface area contributed by atoms with Crippen LogP contribution in [0.1, 0.15) is 34.1 Å². The Bertz CT molecular complexity index is 360. The fourth-order valence-corrected chi connectivity index (χ4v) is 2.03. The quantitative estimate of drug-likeness (QED) is 0.681. The van der Waals surface area contributed by atoms with Crippen LogP contribution in [-0.2, 0) is 14.8 Å². The number of carbonyl (C=O) groups is 1. The Kier molecular flexibility index (Phi) is 6.80. The molecular weight excluding hydrogens is 254 g/mol. The molecule has 0 aromatic carbocycles. The smallest absolute Gasteiger partial charge is 0.234 e. The second kappa shape index (κ2) is 7.06. The van der Waals surface area contributed by atoms with E-state index in [1.807, 2.05) is 32.6 Å². The Morgan fingerprint density at radius 1 is 1.33 bits per heavy atom. The van der Waals surface area contributed by atoms with Crippen molar-refractivity contribution in [1.29, 1.82) is 0 Å². The van der Waals surface area contributed by atoms with E-state index in [-0.39, 0.29) is 23.7 Å². The van der Waals surface area contributed by atoms with Gasteiger partial charge in [0.15, 0.2) is 0 Å². The van der Waals surface area contributed by atoms with Gasteiger partial charge in [0, 0.05) is 5.54 Å². The summed E-state index contributed by atoms with van der Waals surface area (Å²) in [5.74, 6) is -0.107. The van der Waals surface area contributed by atoms with Crippen molar-refractivity contribution in [2.24, 2.45) is 5.14 Å². The molecule has 18 heavy (non-hydrogen) atoms. The number of hydrogen-bond donors (Lipinski definition) is 2. The molecule has 3 N–H and O–H groups in total. The van der Waals surface area contributed by atoms with Crippen LogP contribution >= 0.6 is 0 Å². The zero-order valence-electron chi connectivity index (χ0n) is 11.7. The highest BCUT2D eigenvalue weighted by Gasteiger charge is 2.16. The Morgan fingerprint density at radius 3 is 2.28 bits per heavy atom. The molecule has 0 saturated carbocycles. The molecule has 0 aliphatic heterocycles. The SMILES string of the molecule is CCN(CCCS(N)(=O)=O)CC(=O)NC(C)(C)C. The molecule has 0 aliphatic rings.